The highest BCUT2D eigenvalue weighted by atomic mass is 32.1. The van der Waals surface area contributed by atoms with Gasteiger partial charge in [0.05, 0.1) is 27.8 Å². The minimum atomic E-state index is 0.606. The van der Waals surface area contributed by atoms with Gasteiger partial charge in [0.15, 0.2) is 0 Å². The largest absolute Gasteiger partial charge is 0.275 e. The van der Waals surface area contributed by atoms with E-state index in [-0.39, 0.29) is 0 Å². The van der Waals surface area contributed by atoms with Gasteiger partial charge in [-0.2, -0.15) is 0 Å². The van der Waals surface area contributed by atoms with E-state index in [1.54, 1.807) is 0 Å². The third-order valence-corrected chi connectivity index (χ3v) is 10.8. The van der Waals surface area contributed by atoms with E-state index in [9.17, 15) is 0 Å². The lowest BCUT2D eigenvalue weighted by Gasteiger charge is -2.16. The molecule has 46 heavy (non-hydrogen) atoms. The van der Waals surface area contributed by atoms with Gasteiger partial charge in [-0.3, -0.25) is 9.55 Å². The lowest BCUT2D eigenvalue weighted by Crippen LogP contribution is -2.04. The number of para-hydroxylation sites is 1. The second-order valence-electron chi connectivity index (χ2n) is 11.7. The first-order valence-electron chi connectivity index (χ1n) is 15.3. The van der Waals surface area contributed by atoms with E-state index in [0.29, 0.717) is 5.95 Å². The number of pyridine rings is 1. The van der Waals surface area contributed by atoms with Crippen LogP contribution >= 0.6 is 24.0 Å². The smallest absolute Gasteiger partial charge is 0.235 e. The molecule has 4 nitrogen and oxygen atoms in total. The minimum Gasteiger partial charge on any atom is -0.275 e. The summed E-state index contributed by atoms with van der Waals surface area (Å²) >= 11 is 7.14. The lowest BCUT2D eigenvalue weighted by molar-refractivity contribution is 1.00. The molecule has 1 aliphatic rings. The molecule has 0 atom stereocenters. The molecule has 0 saturated carbocycles. The van der Waals surface area contributed by atoms with Gasteiger partial charge in [0.1, 0.15) is 0 Å². The number of benzene rings is 5. The lowest BCUT2D eigenvalue weighted by atomic mass is 9.94. The molecule has 1 aliphatic carbocycles. The van der Waals surface area contributed by atoms with Crippen molar-refractivity contribution in [1.82, 2.24) is 19.5 Å². The molecule has 0 spiro atoms. The molecule has 216 valence electrons. The molecule has 0 saturated heterocycles. The molecule has 4 heterocycles. The topological polar surface area (TPSA) is 43.6 Å². The first-order valence-corrected chi connectivity index (χ1v) is 16.6. The van der Waals surface area contributed by atoms with Crippen LogP contribution in [0.15, 0.2) is 132 Å². The first kappa shape index (κ1) is 26.0. The predicted octanol–water partition coefficient (Wildman–Crippen LogP) is 10.9. The van der Waals surface area contributed by atoms with Crippen LogP contribution < -0.4 is 0 Å². The molecular formula is C40H24N4S2. The maximum atomic E-state index is 5.45. The Bertz CT molecular complexity index is 2800. The normalized spacial score (nSPS) is 13.3. The zero-order valence-corrected chi connectivity index (χ0v) is 26.2. The number of hydrogen-bond donors (Lipinski definition) is 1. The fraction of sp³-hybridized carbons (Fsp3) is 0.0250. The van der Waals surface area contributed by atoms with Crippen molar-refractivity contribution in [2.75, 3.05) is 0 Å². The van der Waals surface area contributed by atoms with Gasteiger partial charge in [-0.25, -0.2) is 9.97 Å². The van der Waals surface area contributed by atoms with E-state index in [0.717, 1.165) is 66.4 Å². The molecule has 0 amide bonds. The monoisotopic (exact) mass is 624 g/mol. The molecule has 9 aromatic rings. The van der Waals surface area contributed by atoms with Crippen LogP contribution in [0.5, 0.6) is 0 Å². The van der Waals surface area contributed by atoms with Gasteiger partial charge in [0, 0.05) is 53.2 Å². The van der Waals surface area contributed by atoms with E-state index >= 15 is 0 Å². The van der Waals surface area contributed by atoms with Gasteiger partial charge in [-0.15, -0.1) is 24.0 Å². The van der Waals surface area contributed by atoms with Crippen LogP contribution in [-0.2, 0) is 0 Å². The summed E-state index contributed by atoms with van der Waals surface area (Å²) in [4.78, 5) is 16.5. The summed E-state index contributed by atoms with van der Waals surface area (Å²) in [5.74, 6) is 0.606. The molecular weight excluding hydrogens is 601 g/mol. The van der Waals surface area contributed by atoms with Gasteiger partial charge in [-0.1, -0.05) is 97.1 Å². The molecule has 0 unspecified atom stereocenters. The number of fused-ring (bicyclic) bond motifs is 9. The number of aromatic nitrogens is 4. The van der Waals surface area contributed by atoms with Crippen LogP contribution in [0.2, 0.25) is 0 Å². The summed E-state index contributed by atoms with van der Waals surface area (Å²) in [6.07, 6.45) is 9.27. The number of hydrogen-bond acceptors (Lipinski definition) is 5. The molecule has 5 aromatic carbocycles. The van der Waals surface area contributed by atoms with Gasteiger partial charge in [0.2, 0.25) is 5.95 Å². The van der Waals surface area contributed by atoms with Crippen molar-refractivity contribution in [2.24, 2.45) is 0 Å². The standard InChI is InChI=1S/C40H24N4S2/c45-38-33(23-11-1-2-12-23)25-14-3-4-15-26(25)34-36-31(20-10-22-41-36)44(37(34)38)40-42-30-19-7-5-16-28(30)35(43-40)29-18-9-17-27-24-13-6-8-21-32(24)46-39(27)29/h1-11,13-22,45H,12H2. The Morgan fingerprint density at radius 1 is 0.717 bits per heavy atom. The Labute approximate surface area is 273 Å². The fourth-order valence-electron chi connectivity index (χ4n) is 7.23. The van der Waals surface area contributed by atoms with E-state index in [4.69, 9.17) is 27.6 Å². The number of rotatable bonds is 3. The maximum absolute atomic E-state index is 5.45. The van der Waals surface area contributed by atoms with Gasteiger partial charge >= 0.3 is 0 Å². The van der Waals surface area contributed by atoms with Crippen molar-refractivity contribution in [3.8, 4) is 17.2 Å². The molecule has 0 bridgehead atoms. The van der Waals surface area contributed by atoms with Gasteiger partial charge < -0.3 is 0 Å². The summed E-state index contributed by atoms with van der Waals surface area (Å²) in [6, 6.07) is 36.2. The first-order chi connectivity index (χ1) is 22.8. The Morgan fingerprint density at radius 3 is 2.37 bits per heavy atom. The minimum absolute atomic E-state index is 0.606. The van der Waals surface area contributed by atoms with E-state index in [2.05, 4.69) is 114 Å². The number of thiol groups is 1. The van der Waals surface area contributed by atoms with Crippen molar-refractivity contribution in [2.45, 2.75) is 11.3 Å². The van der Waals surface area contributed by atoms with E-state index < -0.39 is 0 Å². The summed E-state index contributed by atoms with van der Waals surface area (Å²) in [5.41, 5.74) is 8.16. The molecule has 10 rings (SSSR count). The van der Waals surface area contributed by atoms with E-state index in [1.165, 1.54) is 31.1 Å². The van der Waals surface area contributed by atoms with Crippen LogP contribution in [0, 0.1) is 0 Å². The molecule has 0 N–H and O–H groups in total. The molecule has 0 aliphatic heterocycles. The SMILES string of the molecule is Sc1c(C2=CC=CC2)c2ccccc2c2c3ncccc3n(-c3nc(-c4cccc5c4sc4ccccc45)c4ccccc4n3)c12. The van der Waals surface area contributed by atoms with Crippen LogP contribution in [0.25, 0.3) is 86.6 Å². The average molecular weight is 625 g/mol. The third-order valence-electron chi connectivity index (χ3n) is 9.19. The number of thiophene rings is 1. The Hall–Kier alpha value is -5.30. The molecule has 0 fully saturated rings. The van der Waals surface area contributed by atoms with Crippen LogP contribution in [0.1, 0.15) is 12.0 Å². The zero-order valence-electron chi connectivity index (χ0n) is 24.5. The number of nitrogens with zero attached hydrogens (tertiary/aromatic N) is 4. The van der Waals surface area contributed by atoms with Crippen molar-refractivity contribution in [1.29, 1.82) is 0 Å². The van der Waals surface area contributed by atoms with Crippen molar-refractivity contribution in [3.63, 3.8) is 0 Å². The molecule has 4 aromatic heterocycles. The predicted molar refractivity (Wildman–Crippen MR) is 196 cm³/mol. The fourth-order valence-corrected chi connectivity index (χ4v) is 8.92. The molecule has 6 heteroatoms. The average Bonchev–Trinajstić information content (AvgIpc) is 3.85. The van der Waals surface area contributed by atoms with Crippen molar-refractivity contribution >= 4 is 93.3 Å². The van der Waals surface area contributed by atoms with Crippen LogP contribution in [0.4, 0.5) is 0 Å². The third kappa shape index (κ3) is 3.59. The molecule has 0 radical (unpaired) electrons. The second-order valence-corrected chi connectivity index (χ2v) is 13.2. The second kappa shape index (κ2) is 9.85. The van der Waals surface area contributed by atoms with Crippen LogP contribution in [-0.4, -0.2) is 19.5 Å². The Kier molecular flexibility index (Phi) is 5.56. The van der Waals surface area contributed by atoms with Gasteiger partial charge in [-0.05, 0) is 47.0 Å². The summed E-state index contributed by atoms with van der Waals surface area (Å²) in [6.45, 7) is 0. The number of allylic oxidation sites excluding steroid dienone is 4. The quantitative estimate of drug-likeness (QED) is 0.199. The highest BCUT2D eigenvalue weighted by Gasteiger charge is 2.25. The Morgan fingerprint density at radius 2 is 1.50 bits per heavy atom. The highest BCUT2D eigenvalue weighted by Crippen LogP contribution is 2.46. The van der Waals surface area contributed by atoms with E-state index in [1.807, 2.05) is 29.7 Å². The van der Waals surface area contributed by atoms with Crippen molar-refractivity contribution in [3.05, 3.63) is 133 Å². The summed E-state index contributed by atoms with van der Waals surface area (Å²) in [7, 11) is 0. The highest BCUT2D eigenvalue weighted by molar-refractivity contribution is 7.80. The Balaban J connectivity index is 1.36. The summed E-state index contributed by atoms with van der Waals surface area (Å²) < 4.78 is 4.68. The summed E-state index contributed by atoms with van der Waals surface area (Å²) in [5, 5.41) is 6.93. The maximum Gasteiger partial charge on any atom is 0.235 e. The van der Waals surface area contributed by atoms with Crippen LogP contribution in [0.3, 0.4) is 0 Å². The van der Waals surface area contributed by atoms with Crippen molar-refractivity contribution < 1.29 is 0 Å². The van der Waals surface area contributed by atoms with Gasteiger partial charge in [0.25, 0.3) is 0 Å². The zero-order chi connectivity index (χ0) is 30.4.